The lowest BCUT2D eigenvalue weighted by molar-refractivity contribution is 0.0346. The summed E-state index contributed by atoms with van der Waals surface area (Å²) in [6, 6.07) is 3.55. The molecule has 2 aliphatic heterocycles. The molecule has 0 amide bonds. The Bertz CT molecular complexity index is 639. The topological polar surface area (TPSA) is 52.9 Å². The number of benzene rings is 1. The summed E-state index contributed by atoms with van der Waals surface area (Å²) in [6.45, 7) is 2.13. The average molecular weight is 301 g/mol. The van der Waals surface area contributed by atoms with E-state index >= 15 is 0 Å². The molecular formula is C18H23NO3. The molecule has 3 aliphatic rings. The first kappa shape index (κ1) is 14.1. The number of aryl methyl sites for hydroxylation is 1. The lowest BCUT2D eigenvalue weighted by Crippen LogP contribution is -2.46. The largest absolute Gasteiger partial charge is 0.504 e. The first-order valence-electron chi connectivity index (χ1n) is 8.18. The Balaban J connectivity index is 1.94. The number of hydrogen-bond acceptors (Lipinski definition) is 4. The smallest absolute Gasteiger partial charge is 0.157 e. The second-order valence-electron chi connectivity index (χ2n) is 6.73. The number of nitrogens with zero attached hydrogens (tertiary/aromatic N) is 1. The first-order valence-corrected chi connectivity index (χ1v) is 8.18. The molecule has 4 heteroatoms. The van der Waals surface area contributed by atoms with E-state index in [1.54, 1.807) is 19.2 Å². The van der Waals surface area contributed by atoms with Crippen molar-refractivity contribution in [3.63, 3.8) is 0 Å². The van der Waals surface area contributed by atoms with Crippen LogP contribution >= 0.6 is 0 Å². The Morgan fingerprint density at radius 1 is 1.18 bits per heavy atom. The van der Waals surface area contributed by atoms with E-state index in [2.05, 4.69) is 11.0 Å². The van der Waals surface area contributed by atoms with Gasteiger partial charge < -0.3 is 14.9 Å². The van der Waals surface area contributed by atoms with E-state index in [1.165, 1.54) is 16.7 Å². The van der Waals surface area contributed by atoms with Gasteiger partial charge in [0.05, 0.1) is 11.6 Å². The molecule has 0 bridgehead atoms. The number of phenolic OH excluding ortho intramolecular Hbond substituents is 2. The van der Waals surface area contributed by atoms with Gasteiger partial charge in [-0.3, -0.25) is 4.90 Å². The molecule has 1 aromatic carbocycles. The standard InChI is InChI=1S/C18H23NO3/c1-22-14-5-4-13-6-8-19-7-2-3-12-9-16(20)17(21)10-15(12)18(13,19)11-14/h4,9-10,14,20-21H,2-3,5-8,11H2,1H3/t14-,18-/m0/s1. The maximum absolute atomic E-state index is 10.1. The van der Waals surface area contributed by atoms with Crippen LogP contribution in [0.15, 0.2) is 23.8 Å². The highest BCUT2D eigenvalue weighted by Crippen LogP contribution is 2.53. The third-order valence-corrected chi connectivity index (χ3v) is 5.73. The normalized spacial score (nSPS) is 31.0. The van der Waals surface area contributed by atoms with Gasteiger partial charge in [0, 0.05) is 20.1 Å². The van der Waals surface area contributed by atoms with Crippen molar-refractivity contribution < 1.29 is 14.9 Å². The Hall–Kier alpha value is -1.52. The maximum Gasteiger partial charge on any atom is 0.157 e. The summed E-state index contributed by atoms with van der Waals surface area (Å²) in [5.41, 5.74) is 3.66. The Kier molecular flexibility index (Phi) is 3.20. The summed E-state index contributed by atoms with van der Waals surface area (Å²) in [6.07, 6.45) is 7.60. The average Bonchev–Trinajstić information content (AvgIpc) is 2.82. The van der Waals surface area contributed by atoms with Gasteiger partial charge in [0.15, 0.2) is 11.5 Å². The molecule has 4 nitrogen and oxygen atoms in total. The van der Waals surface area contributed by atoms with Gasteiger partial charge in [0.2, 0.25) is 0 Å². The van der Waals surface area contributed by atoms with Crippen LogP contribution in [0.2, 0.25) is 0 Å². The summed E-state index contributed by atoms with van der Waals surface area (Å²) < 4.78 is 5.67. The van der Waals surface area contributed by atoms with E-state index in [4.69, 9.17) is 4.74 Å². The van der Waals surface area contributed by atoms with E-state index in [9.17, 15) is 10.2 Å². The number of fused-ring (bicyclic) bond motifs is 1. The molecule has 1 spiro atoms. The number of phenols is 2. The summed E-state index contributed by atoms with van der Waals surface area (Å²) in [4.78, 5) is 2.56. The summed E-state index contributed by atoms with van der Waals surface area (Å²) >= 11 is 0. The Morgan fingerprint density at radius 2 is 2.00 bits per heavy atom. The molecule has 0 radical (unpaired) electrons. The van der Waals surface area contributed by atoms with E-state index in [1.807, 2.05) is 0 Å². The minimum Gasteiger partial charge on any atom is -0.504 e. The summed E-state index contributed by atoms with van der Waals surface area (Å²) in [7, 11) is 1.78. The number of aromatic hydroxyl groups is 2. The lowest BCUT2D eigenvalue weighted by atomic mass is 9.73. The lowest BCUT2D eigenvalue weighted by Gasteiger charge is -2.44. The van der Waals surface area contributed by atoms with Gasteiger partial charge >= 0.3 is 0 Å². The van der Waals surface area contributed by atoms with Crippen LogP contribution in [0.3, 0.4) is 0 Å². The predicted molar refractivity (Wildman–Crippen MR) is 84.1 cm³/mol. The van der Waals surface area contributed by atoms with Crippen molar-refractivity contribution in [1.29, 1.82) is 0 Å². The monoisotopic (exact) mass is 301 g/mol. The SMILES string of the molecule is CO[C@H]1CC=C2CCN3CCCc4cc(O)c(O)cc4[C@]23C1. The molecule has 1 fully saturated rings. The van der Waals surface area contributed by atoms with Crippen LogP contribution in [0.5, 0.6) is 11.5 Å². The summed E-state index contributed by atoms with van der Waals surface area (Å²) in [5, 5.41) is 20.0. The maximum atomic E-state index is 10.1. The molecular weight excluding hydrogens is 278 g/mol. The highest BCUT2D eigenvalue weighted by molar-refractivity contribution is 5.53. The molecule has 2 N–H and O–H groups in total. The minimum atomic E-state index is -0.143. The van der Waals surface area contributed by atoms with Crippen LogP contribution in [0.25, 0.3) is 0 Å². The molecule has 2 heterocycles. The van der Waals surface area contributed by atoms with Crippen molar-refractivity contribution in [2.75, 3.05) is 20.2 Å². The van der Waals surface area contributed by atoms with E-state index < -0.39 is 0 Å². The van der Waals surface area contributed by atoms with Crippen molar-refractivity contribution in [1.82, 2.24) is 4.90 Å². The van der Waals surface area contributed by atoms with Gasteiger partial charge in [-0.1, -0.05) is 6.08 Å². The fourth-order valence-corrected chi connectivity index (χ4v) is 4.68. The van der Waals surface area contributed by atoms with Crippen molar-refractivity contribution in [3.8, 4) is 11.5 Å². The quantitative estimate of drug-likeness (QED) is 0.618. The van der Waals surface area contributed by atoms with E-state index in [0.717, 1.165) is 45.2 Å². The minimum absolute atomic E-state index is 0.00812. The van der Waals surface area contributed by atoms with Gasteiger partial charge in [0.25, 0.3) is 0 Å². The van der Waals surface area contributed by atoms with E-state index in [0.29, 0.717) is 0 Å². The van der Waals surface area contributed by atoms with Crippen LogP contribution in [-0.4, -0.2) is 41.4 Å². The fraction of sp³-hybridized carbons (Fsp3) is 0.556. The van der Waals surface area contributed by atoms with Crippen molar-refractivity contribution >= 4 is 0 Å². The zero-order valence-corrected chi connectivity index (χ0v) is 13.0. The van der Waals surface area contributed by atoms with Crippen LogP contribution in [-0.2, 0) is 16.7 Å². The fourth-order valence-electron chi connectivity index (χ4n) is 4.68. The number of rotatable bonds is 1. The van der Waals surface area contributed by atoms with Gasteiger partial charge in [-0.25, -0.2) is 0 Å². The zero-order chi connectivity index (χ0) is 15.3. The van der Waals surface area contributed by atoms with Crippen molar-refractivity contribution in [3.05, 3.63) is 34.9 Å². The second kappa shape index (κ2) is 5.00. The van der Waals surface area contributed by atoms with Crippen LogP contribution in [0, 0.1) is 0 Å². The number of ether oxygens (including phenoxy) is 1. The van der Waals surface area contributed by atoms with Gasteiger partial charge in [-0.15, -0.1) is 0 Å². The molecule has 1 saturated heterocycles. The molecule has 1 aliphatic carbocycles. The van der Waals surface area contributed by atoms with Crippen LogP contribution < -0.4 is 0 Å². The molecule has 118 valence electrons. The number of hydrogen-bond donors (Lipinski definition) is 2. The van der Waals surface area contributed by atoms with E-state index in [-0.39, 0.29) is 23.1 Å². The molecule has 0 unspecified atom stereocenters. The van der Waals surface area contributed by atoms with Gasteiger partial charge in [-0.05, 0) is 61.1 Å². The van der Waals surface area contributed by atoms with Crippen molar-refractivity contribution in [2.45, 2.75) is 43.7 Å². The van der Waals surface area contributed by atoms with Crippen LogP contribution in [0.4, 0.5) is 0 Å². The molecule has 1 aromatic rings. The molecule has 0 aromatic heterocycles. The predicted octanol–water partition coefficient (Wildman–Crippen LogP) is 2.68. The highest BCUT2D eigenvalue weighted by atomic mass is 16.5. The van der Waals surface area contributed by atoms with Gasteiger partial charge in [0.1, 0.15) is 0 Å². The highest BCUT2D eigenvalue weighted by Gasteiger charge is 2.50. The Morgan fingerprint density at radius 3 is 2.82 bits per heavy atom. The molecule has 0 saturated carbocycles. The zero-order valence-electron chi connectivity index (χ0n) is 13.0. The third-order valence-electron chi connectivity index (χ3n) is 5.73. The summed E-state index contributed by atoms with van der Waals surface area (Å²) in [5.74, 6) is -0.0213. The molecule has 2 atom stereocenters. The van der Waals surface area contributed by atoms with Crippen LogP contribution in [0.1, 0.15) is 36.8 Å². The molecule has 22 heavy (non-hydrogen) atoms. The third kappa shape index (κ3) is 1.83. The second-order valence-corrected chi connectivity index (χ2v) is 6.73. The Labute approximate surface area is 131 Å². The first-order chi connectivity index (χ1) is 10.6. The van der Waals surface area contributed by atoms with Gasteiger partial charge in [-0.2, -0.15) is 0 Å². The molecule has 4 rings (SSSR count). The number of methoxy groups -OCH3 is 1. The van der Waals surface area contributed by atoms with Crippen molar-refractivity contribution in [2.24, 2.45) is 0 Å².